The molecular weight excluding hydrogens is 170 g/mol. The second-order valence-electron chi connectivity index (χ2n) is 3.95. The average molecular weight is 188 g/mol. The summed E-state index contributed by atoms with van der Waals surface area (Å²) in [5.41, 5.74) is 7.46. The zero-order valence-electron chi connectivity index (χ0n) is 8.53. The van der Waals surface area contributed by atoms with Crippen LogP contribution in [-0.4, -0.2) is 0 Å². The summed E-state index contributed by atoms with van der Waals surface area (Å²) in [5.74, 6) is 0. The molecule has 0 aliphatic heterocycles. The minimum atomic E-state index is 0.0620. The fraction of sp³-hybridized carbons (Fsp3) is 0.600. The maximum Gasteiger partial charge on any atom is 0.0624 e. The molecule has 0 saturated carbocycles. The SMILES string of the molecule is C/C=C(\C(Cl)=C(\C)N)C(C)(C)C. The van der Waals surface area contributed by atoms with Crippen LogP contribution in [0, 0.1) is 5.41 Å². The molecule has 0 aromatic carbocycles. The summed E-state index contributed by atoms with van der Waals surface area (Å²) in [4.78, 5) is 0. The van der Waals surface area contributed by atoms with Gasteiger partial charge in [-0.2, -0.15) is 0 Å². The Morgan fingerprint density at radius 3 is 1.83 bits per heavy atom. The molecule has 0 atom stereocenters. The largest absolute Gasteiger partial charge is 0.401 e. The van der Waals surface area contributed by atoms with Gasteiger partial charge in [0.15, 0.2) is 0 Å². The first-order valence-electron chi connectivity index (χ1n) is 4.09. The van der Waals surface area contributed by atoms with Crippen LogP contribution in [-0.2, 0) is 0 Å². The van der Waals surface area contributed by atoms with Gasteiger partial charge in [-0.05, 0) is 24.8 Å². The van der Waals surface area contributed by atoms with E-state index in [1.165, 1.54) is 0 Å². The normalized spacial score (nSPS) is 16.0. The topological polar surface area (TPSA) is 26.0 Å². The van der Waals surface area contributed by atoms with Gasteiger partial charge in [0.2, 0.25) is 0 Å². The van der Waals surface area contributed by atoms with Gasteiger partial charge in [0.1, 0.15) is 0 Å². The molecule has 2 N–H and O–H groups in total. The molecule has 0 amide bonds. The van der Waals surface area contributed by atoms with Gasteiger partial charge in [-0.15, -0.1) is 0 Å². The molecule has 2 heteroatoms. The van der Waals surface area contributed by atoms with Crippen LogP contribution in [0.5, 0.6) is 0 Å². The van der Waals surface area contributed by atoms with E-state index in [0.29, 0.717) is 10.7 Å². The Hall–Kier alpha value is -0.430. The van der Waals surface area contributed by atoms with E-state index in [-0.39, 0.29) is 5.41 Å². The summed E-state index contributed by atoms with van der Waals surface area (Å²) in [6.07, 6.45) is 2.01. The summed E-state index contributed by atoms with van der Waals surface area (Å²) in [5, 5.41) is 0.685. The Balaban J connectivity index is 5.00. The summed E-state index contributed by atoms with van der Waals surface area (Å²) in [6, 6.07) is 0. The van der Waals surface area contributed by atoms with Crippen molar-refractivity contribution in [3.8, 4) is 0 Å². The van der Waals surface area contributed by atoms with Crippen molar-refractivity contribution >= 4 is 11.6 Å². The number of rotatable bonds is 1. The number of hydrogen-bond donors (Lipinski definition) is 1. The van der Waals surface area contributed by atoms with E-state index in [4.69, 9.17) is 17.3 Å². The van der Waals surface area contributed by atoms with Crippen molar-refractivity contribution in [1.29, 1.82) is 0 Å². The summed E-state index contributed by atoms with van der Waals surface area (Å²) in [7, 11) is 0. The van der Waals surface area contributed by atoms with E-state index < -0.39 is 0 Å². The zero-order chi connectivity index (χ0) is 9.94. The Kier molecular flexibility index (Phi) is 3.85. The molecule has 0 aromatic heterocycles. The zero-order valence-corrected chi connectivity index (χ0v) is 9.29. The number of nitrogens with two attached hydrogens (primary N) is 1. The first-order chi connectivity index (χ1) is 5.30. The highest BCUT2D eigenvalue weighted by Gasteiger charge is 2.19. The van der Waals surface area contributed by atoms with Gasteiger partial charge in [0.25, 0.3) is 0 Å². The van der Waals surface area contributed by atoms with Crippen LogP contribution in [0.25, 0.3) is 0 Å². The van der Waals surface area contributed by atoms with Crippen molar-refractivity contribution in [3.05, 3.63) is 22.4 Å². The van der Waals surface area contributed by atoms with E-state index in [2.05, 4.69) is 20.8 Å². The van der Waals surface area contributed by atoms with E-state index in [1.54, 1.807) is 0 Å². The molecule has 0 bridgehead atoms. The quantitative estimate of drug-likeness (QED) is 0.626. The molecule has 70 valence electrons. The third-order valence-corrected chi connectivity index (χ3v) is 2.18. The predicted molar refractivity (Wildman–Crippen MR) is 56.0 cm³/mol. The lowest BCUT2D eigenvalue weighted by Gasteiger charge is -2.23. The van der Waals surface area contributed by atoms with Crippen molar-refractivity contribution in [3.63, 3.8) is 0 Å². The van der Waals surface area contributed by atoms with Gasteiger partial charge >= 0.3 is 0 Å². The van der Waals surface area contributed by atoms with E-state index in [9.17, 15) is 0 Å². The van der Waals surface area contributed by atoms with Crippen LogP contribution in [0.3, 0.4) is 0 Å². The molecule has 0 aliphatic carbocycles. The molecule has 0 saturated heterocycles. The standard InChI is InChI=1S/C10H18ClN/c1-6-8(10(3,4)5)9(11)7(2)12/h6H,12H2,1-5H3/b8-6+,9-7+. The summed E-state index contributed by atoms with van der Waals surface area (Å²) >= 11 is 6.05. The van der Waals surface area contributed by atoms with Crippen molar-refractivity contribution in [2.45, 2.75) is 34.6 Å². The van der Waals surface area contributed by atoms with Crippen molar-refractivity contribution in [2.75, 3.05) is 0 Å². The van der Waals surface area contributed by atoms with E-state index >= 15 is 0 Å². The minimum absolute atomic E-state index is 0.0620. The van der Waals surface area contributed by atoms with Gasteiger partial charge in [-0.1, -0.05) is 38.4 Å². The Labute approximate surface area is 80.3 Å². The van der Waals surface area contributed by atoms with Crippen LogP contribution < -0.4 is 5.73 Å². The maximum atomic E-state index is 6.05. The van der Waals surface area contributed by atoms with Crippen molar-refractivity contribution < 1.29 is 0 Å². The third-order valence-electron chi connectivity index (χ3n) is 1.68. The summed E-state index contributed by atoms with van der Waals surface area (Å²) in [6.45, 7) is 10.2. The molecule has 0 unspecified atom stereocenters. The molecule has 0 fully saturated rings. The molecule has 0 radical (unpaired) electrons. The predicted octanol–water partition coefficient (Wildman–Crippen LogP) is 3.41. The molecule has 0 spiro atoms. The van der Waals surface area contributed by atoms with Crippen LogP contribution in [0.2, 0.25) is 0 Å². The monoisotopic (exact) mass is 187 g/mol. The van der Waals surface area contributed by atoms with Crippen LogP contribution in [0.15, 0.2) is 22.4 Å². The smallest absolute Gasteiger partial charge is 0.0624 e. The molecular formula is C10H18ClN. The molecule has 0 heterocycles. The second-order valence-corrected chi connectivity index (χ2v) is 4.33. The minimum Gasteiger partial charge on any atom is -0.401 e. The lowest BCUT2D eigenvalue weighted by Crippen LogP contribution is -2.11. The van der Waals surface area contributed by atoms with Gasteiger partial charge in [-0.3, -0.25) is 0 Å². The molecule has 0 aliphatic rings. The maximum absolute atomic E-state index is 6.05. The van der Waals surface area contributed by atoms with Gasteiger partial charge in [0.05, 0.1) is 5.03 Å². The van der Waals surface area contributed by atoms with Crippen LogP contribution in [0.1, 0.15) is 34.6 Å². The van der Waals surface area contributed by atoms with Crippen molar-refractivity contribution in [1.82, 2.24) is 0 Å². The Morgan fingerprint density at radius 2 is 1.75 bits per heavy atom. The molecule has 0 aromatic rings. The number of halogens is 1. The van der Waals surface area contributed by atoms with Gasteiger partial charge < -0.3 is 5.73 Å². The highest BCUT2D eigenvalue weighted by atomic mass is 35.5. The summed E-state index contributed by atoms with van der Waals surface area (Å²) < 4.78 is 0. The first-order valence-corrected chi connectivity index (χ1v) is 4.47. The van der Waals surface area contributed by atoms with Gasteiger partial charge in [-0.25, -0.2) is 0 Å². The highest BCUT2D eigenvalue weighted by molar-refractivity contribution is 6.32. The number of hydrogen-bond acceptors (Lipinski definition) is 1. The second kappa shape index (κ2) is 3.99. The van der Waals surface area contributed by atoms with E-state index in [1.807, 2.05) is 19.9 Å². The Morgan fingerprint density at radius 1 is 1.33 bits per heavy atom. The highest BCUT2D eigenvalue weighted by Crippen LogP contribution is 2.33. The first kappa shape index (κ1) is 11.6. The third kappa shape index (κ3) is 2.90. The lowest BCUT2D eigenvalue weighted by atomic mass is 9.85. The molecule has 0 rings (SSSR count). The lowest BCUT2D eigenvalue weighted by molar-refractivity contribution is 0.513. The number of allylic oxidation sites excluding steroid dienone is 4. The van der Waals surface area contributed by atoms with Gasteiger partial charge in [0, 0.05) is 5.70 Å². The average Bonchev–Trinajstić information content (AvgIpc) is 1.85. The van der Waals surface area contributed by atoms with Crippen LogP contribution >= 0.6 is 11.6 Å². The Bertz CT molecular complexity index is 214. The fourth-order valence-electron chi connectivity index (χ4n) is 1.10. The van der Waals surface area contributed by atoms with Crippen LogP contribution in [0.4, 0.5) is 0 Å². The molecule has 12 heavy (non-hydrogen) atoms. The van der Waals surface area contributed by atoms with E-state index in [0.717, 1.165) is 5.57 Å². The molecule has 1 nitrogen and oxygen atoms in total. The fourth-order valence-corrected chi connectivity index (χ4v) is 1.49. The van der Waals surface area contributed by atoms with Crippen molar-refractivity contribution in [2.24, 2.45) is 11.1 Å².